The number of benzene rings is 2. The Balaban J connectivity index is 1.57. The highest BCUT2D eigenvalue weighted by molar-refractivity contribution is 7.17. The second-order valence-electron chi connectivity index (χ2n) is 11.6. The fourth-order valence-electron chi connectivity index (χ4n) is 5.01. The van der Waals surface area contributed by atoms with Crippen LogP contribution in [0, 0.1) is 0 Å². The van der Waals surface area contributed by atoms with Gasteiger partial charge in [0.15, 0.2) is 5.13 Å². The molecule has 0 unspecified atom stereocenters. The number of aliphatic hydroxyl groups excluding tert-OH is 1. The van der Waals surface area contributed by atoms with E-state index in [0.29, 0.717) is 22.5 Å². The number of carbonyl (C=O) groups excluding carboxylic acids is 1. The number of nitrogens with one attached hydrogen (secondary N) is 1. The highest BCUT2D eigenvalue weighted by Crippen LogP contribution is 2.43. The summed E-state index contributed by atoms with van der Waals surface area (Å²) in [6.07, 6.45) is -8.17. The SMILES string of the molecule is CC(C)(C)OC(=O)N1CCN(c2nc(O)c(C(=Cc3ccc(C(F)(F)F)cc3C(F)(F)F)c3ccc4[nH]ncc4c3)s2)C[C@@H]1CO. The van der Waals surface area contributed by atoms with E-state index in [2.05, 4.69) is 15.2 Å². The number of rotatable bonds is 5. The van der Waals surface area contributed by atoms with Crippen molar-refractivity contribution in [1.29, 1.82) is 0 Å². The number of H-pyrrole nitrogens is 1. The Labute approximate surface area is 262 Å². The first-order chi connectivity index (χ1) is 21.4. The standard InChI is InChI=1S/C30H29F6N5O4S/c1-28(2,3)45-27(44)41-9-8-40(14-20(41)15-42)26-38-25(43)24(46-26)21(16-5-7-23-18(10-16)13-37-39-23)11-17-4-6-19(29(31,32)33)12-22(17)30(34,35)36/h4-7,10-13,20,42-43H,8-9,14-15H2,1-3H3,(H,37,39)/t20-/m1/s1. The average molecular weight is 670 g/mol. The summed E-state index contributed by atoms with van der Waals surface area (Å²) in [5, 5.41) is 28.6. The van der Waals surface area contributed by atoms with E-state index in [-0.39, 0.29) is 41.3 Å². The number of ether oxygens (including phenoxy) is 1. The Bertz CT molecular complexity index is 1780. The number of aliphatic hydroxyl groups is 1. The zero-order valence-electron chi connectivity index (χ0n) is 24.7. The van der Waals surface area contributed by atoms with E-state index >= 15 is 0 Å². The molecule has 46 heavy (non-hydrogen) atoms. The van der Waals surface area contributed by atoms with Crippen LogP contribution in [0.5, 0.6) is 5.88 Å². The molecule has 2 aromatic carbocycles. The van der Waals surface area contributed by atoms with Crippen LogP contribution in [-0.2, 0) is 17.1 Å². The van der Waals surface area contributed by atoms with Gasteiger partial charge in [-0.05, 0) is 62.2 Å². The van der Waals surface area contributed by atoms with Crippen molar-refractivity contribution in [1.82, 2.24) is 20.1 Å². The zero-order valence-corrected chi connectivity index (χ0v) is 25.5. The summed E-state index contributed by atoms with van der Waals surface area (Å²) in [6, 6.07) is 5.49. The molecule has 0 bridgehead atoms. The van der Waals surface area contributed by atoms with Crippen molar-refractivity contribution in [2.75, 3.05) is 31.1 Å². The van der Waals surface area contributed by atoms with Crippen LogP contribution in [-0.4, -0.2) is 74.3 Å². The van der Waals surface area contributed by atoms with Gasteiger partial charge in [-0.15, -0.1) is 0 Å². The van der Waals surface area contributed by atoms with E-state index in [1.807, 2.05) is 0 Å². The number of thiazole rings is 1. The first-order valence-electron chi connectivity index (χ1n) is 13.9. The maximum absolute atomic E-state index is 14.1. The number of nitrogens with zero attached hydrogens (tertiary/aromatic N) is 4. The summed E-state index contributed by atoms with van der Waals surface area (Å²) in [5.74, 6) is -0.519. The summed E-state index contributed by atoms with van der Waals surface area (Å²) in [7, 11) is 0. The number of fused-ring (bicyclic) bond motifs is 1. The Morgan fingerprint density at radius 2 is 1.83 bits per heavy atom. The first-order valence-corrected chi connectivity index (χ1v) is 14.8. The second kappa shape index (κ2) is 12.1. The van der Waals surface area contributed by atoms with Gasteiger partial charge in [0.2, 0.25) is 5.88 Å². The third kappa shape index (κ3) is 7.07. The number of halogens is 6. The molecule has 3 heterocycles. The minimum absolute atomic E-state index is 0.0554. The minimum Gasteiger partial charge on any atom is -0.492 e. The molecule has 9 nitrogen and oxygen atoms in total. The smallest absolute Gasteiger partial charge is 0.417 e. The molecule has 0 spiro atoms. The number of piperazine rings is 1. The van der Waals surface area contributed by atoms with E-state index in [1.54, 1.807) is 43.9 Å². The number of anilines is 1. The Morgan fingerprint density at radius 1 is 1.09 bits per heavy atom. The van der Waals surface area contributed by atoms with Crippen molar-refractivity contribution in [3.05, 3.63) is 69.7 Å². The molecule has 1 atom stereocenters. The number of hydrogen-bond acceptors (Lipinski definition) is 8. The van der Waals surface area contributed by atoms with Gasteiger partial charge in [0.25, 0.3) is 0 Å². The maximum Gasteiger partial charge on any atom is 0.417 e. The number of alkyl halides is 6. The van der Waals surface area contributed by atoms with Crippen LogP contribution in [0.25, 0.3) is 22.6 Å². The van der Waals surface area contributed by atoms with Crippen molar-refractivity contribution >= 4 is 45.1 Å². The van der Waals surface area contributed by atoms with Crippen LogP contribution >= 0.6 is 11.3 Å². The van der Waals surface area contributed by atoms with Crippen LogP contribution in [0.15, 0.2) is 42.6 Å². The molecule has 0 saturated carbocycles. The normalized spacial score (nSPS) is 16.7. The predicted molar refractivity (Wildman–Crippen MR) is 159 cm³/mol. The van der Waals surface area contributed by atoms with Gasteiger partial charge in [-0.1, -0.05) is 23.5 Å². The molecular weight excluding hydrogens is 640 g/mol. The van der Waals surface area contributed by atoms with Gasteiger partial charge in [0.1, 0.15) is 10.5 Å². The Kier molecular flexibility index (Phi) is 8.72. The molecule has 1 saturated heterocycles. The number of aromatic hydroxyl groups is 1. The topological polar surface area (TPSA) is 115 Å². The molecule has 5 rings (SSSR count). The molecule has 2 aromatic heterocycles. The van der Waals surface area contributed by atoms with Gasteiger partial charge in [-0.2, -0.15) is 36.4 Å². The van der Waals surface area contributed by atoms with Gasteiger partial charge in [-0.3, -0.25) is 10.00 Å². The molecule has 0 radical (unpaired) electrons. The van der Waals surface area contributed by atoms with E-state index in [4.69, 9.17) is 4.74 Å². The fourth-order valence-corrected chi connectivity index (χ4v) is 6.04. The number of amides is 1. The summed E-state index contributed by atoms with van der Waals surface area (Å²) in [4.78, 5) is 20.1. The van der Waals surface area contributed by atoms with Crippen molar-refractivity contribution in [3.63, 3.8) is 0 Å². The summed E-state index contributed by atoms with van der Waals surface area (Å²) in [5.41, 5.74) is -3.23. The molecule has 1 fully saturated rings. The molecule has 4 aromatic rings. The molecule has 0 aliphatic carbocycles. The lowest BCUT2D eigenvalue weighted by Crippen LogP contribution is -2.57. The molecule has 1 amide bonds. The van der Waals surface area contributed by atoms with Crippen molar-refractivity contribution < 1.29 is 46.1 Å². The van der Waals surface area contributed by atoms with Crippen LogP contribution in [0.1, 0.15) is 47.9 Å². The van der Waals surface area contributed by atoms with Gasteiger partial charge in [0.05, 0.1) is 35.5 Å². The second-order valence-corrected chi connectivity index (χ2v) is 12.6. The fraction of sp³-hybridized carbons (Fsp3) is 0.367. The summed E-state index contributed by atoms with van der Waals surface area (Å²) >= 11 is 0.944. The van der Waals surface area contributed by atoms with Gasteiger partial charge in [0, 0.05) is 30.6 Å². The minimum atomic E-state index is -5.12. The van der Waals surface area contributed by atoms with E-state index in [0.717, 1.165) is 23.5 Å². The van der Waals surface area contributed by atoms with Gasteiger partial charge < -0.3 is 19.8 Å². The number of aromatic amines is 1. The van der Waals surface area contributed by atoms with Crippen LogP contribution in [0.3, 0.4) is 0 Å². The Hall–Kier alpha value is -4.31. The highest BCUT2D eigenvalue weighted by Gasteiger charge is 2.38. The third-order valence-electron chi connectivity index (χ3n) is 7.17. The lowest BCUT2D eigenvalue weighted by atomic mass is 9.96. The van der Waals surface area contributed by atoms with Crippen molar-refractivity contribution in [3.8, 4) is 5.88 Å². The molecule has 246 valence electrons. The summed E-state index contributed by atoms with van der Waals surface area (Å²) < 4.78 is 87.7. The molecule has 1 aliphatic heterocycles. The predicted octanol–water partition coefficient (Wildman–Crippen LogP) is 6.77. The Morgan fingerprint density at radius 3 is 2.48 bits per heavy atom. The zero-order chi connectivity index (χ0) is 33.6. The lowest BCUT2D eigenvalue weighted by molar-refractivity contribution is -0.143. The molecular formula is C30H29F6N5O4S. The van der Waals surface area contributed by atoms with Crippen LogP contribution in [0.2, 0.25) is 0 Å². The van der Waals surface area contributed by atoms with Crippen LogP contribution < -0.4 is 4.90 Å². The van der Waals surface area contributed by atoms with Crippen LogP contribution in [0.4, 0.5) is 36.3 Å². The van der Waals surface area contributed by atoms with E-state index in [9.17, 15) is 41.4 Å². The molecule has 1 aliphatic rings. The van der Waals surface area contributed by atoms with E-state index in [1.165, 1.54) is 11.1 Å². The quantitative estimate of drug-likeness (QED) is 0.159. The van der Waals surface area contributed by atoms with Crippen molar-refractivity contribution in [2.24, 2.45) is 0 Å². The van der Waals surface area contributed by atoms with Gasteiger partial charge in [-0.25, -0.2) is 4.79 Å². The van der Waals surface area contributed by atoms with Crippen molar-refractivity contribution in [2.45, 2.75) is 44.8 Å². The lowest BCUT2D eigenvalue weighted by Gasteiger charge is -2.40. The largest absolute Gasteiger partial charge is 0.492 e. The molecule has 16 heteroatoms. The maximum atomic E-state index is 14.1. The van der Waals surface area contributed by atoms with E-state index < -0.39 is 59.3 Å². The summed E-state index contributed by atoms with van der Waals surface area (Å²) in [6.45, 7) is 5.24. The first kappa shape index (κ1) is 33.1. The number of hydrogen-bond donors (Lipinski definition) is 3. The average Bonchev–Trinajstić information content (AvgIpc) is 3.59. The number of carbonyl (C=O) groups is 1. The molecule has 3 N–H and O–H groups in total. The monoisotopic (exact) mass is 669 g/mol. The van der Waals surface area contributed by atoms with Gasteiger partial charge >= 0.3 is 18.4 Å². The third-order valence-corrected chi connectivity index (χ3v) is 8.31. The number of aromatic nitrogens is 3. The highest BCUT2D eigenvalue weighted by atomic mass is 32.1.